The number of esters is 2. The molecule has 0 aromatic rings. The molecule has 5 aliphatic carbocycles. The van der Waals surface area contributed by atoms with E-state index in [9.17, 15) is 9.59 Å². The lowest BCUT2D eigenvalue weighted by Crippen LogP contribution is -2.27. The fourth-order valence-corrected chi connectivity index (χ4v) is 7.04. The summed E-state index contributed by atoms with van der Waals surface area (Å²) in [6.07, 6.45) is 5.22. The van der Waals surface area contributed by atoms with Crippen molar-refractivity contribution >= 4 is 11.9 Å². The maximum Gasteiger partial charge on any atom is 0.318 e. The Labute approximate surface area is 111 Å². The molecule has 0 aromatic carbocycles. The van der Waals surface area contributed by atoms with Crippen LogP contribution in [0.4, 0.5) is 0 Å². The Morgan fingerprint density at radius 3 is 1.84 bits per heavy atom. The molecule has 0 N–H and O–H groups in total. The standard InChI is InChI=1S/C16H16O3/c17-15-13-9-4-10(14(13)16(18)19-15)12-8-3-5-1-6(8)7(2-5)11(9)12/h5-10,13-14H,1-4H2/t5?,6?,7-,8+,9-,10-,13+,14+/m0/s1. The summed E-state index contributed by atoms with van der Waals surface area (Å²) in [4.78, 5) is 23.9. The van der Waals surface area contributed by atoms with E-state index in [0.717, 1.165) is 30.1 Å². The van der Waals surface area contributed by atoms with Gasteiger partial charge < -0.3 is 4.74 Å². The molecule has 3 heteroatoms. The molecule has 98 valence electrons. The molecule has 3 saturated carbocycles. The molecule has 6 aliphatic rings. The lowest BCUT2D eigenvalue weighted by Gasteiger charge is -2.25. The summed E-state index contributed by atoms with van der Waals surface area (Å²) in [5, 5.41) is 0. The van der Waals surface area contributed by atoms with Crippen molar-refractivity contribution in [2.24, 2.45) is 47.3 Å². The van der Waals surface area contributed by atoms with Gasteiger partial charge in [-0.1, -0.05) is 11.1 Å². The minimum atomic E-state index is -0.220. The SMILES string of the molecule is O=C1OC(=O)[C@H]2[C@H]1[C@H]1C[C@H]2C2=C1[C@H]1CC3CC1[C@H]2C3. The van der Waals surface area contributed by atoms with E-state index in [2.05, 4.69) is 0 Å². The Morgan fingerprint density at radius 1 is 0.737 bits per heavy atom. The second-order valence-corrected chi connectivity index (χ2v) is 7.60. The monoisotopic (exact) mass is 256 g/mol. The molecular formula is C16H16O3. The molecule has 1 aliphatic heterocycles. The van der Waals surface area contributed by atoms with Gasteiger partial charge in [0, 0.05) is 0 Å². The molecule has 6 rings (SSSR count). The van der Waals surface area contributed by atoms with E-state index in [1.807, 2.05) is 0 Å². The van der Waals surface area contributed by atoms with Crippen LogP contribution in [-0.4, -0.2) is 11.9 Å². The van der Waals surface area contributed by atoms with Crippen LogP contribution in [0, 0.1) is 47.3 Å². The Bertz CT molecular complexity index is 543. The predicted molar refractivity (Wildman–Crippen MR) is 64.5 cm³/mol. The molecule has 4 bridgehead atoms. The molecule has 8 atom stereocenters. The van der Waals surface area contributed by atoms with Gasteiger partial charge in [0.25, 0.3) is 0 Å². The van der Waals surface area contributed by atoms with Crippen LogP contribution in [0.3, 0.4) is 0 Å². The summed E-state index contributed by atoms with van der Waals surface area (Å²) in [6.45, 7) is 0. The summed E-state index contributed by atoms with van der Waals surface area (Å²) in [6, 6.07) is 0. The number of cyclic esters (lactones) is 2. The van der Waals surface area contributed by atoms with E-state index in [-0.39, 0.29) is 23.8 Å². The van der Waals surface area contributed by atoms with Gasteiger partial charge in [0.2, 0.25) is 0 Å². The van der Waals surface area contributed by atoms with Crippen LogP contribution < -0.4 is 0 Å². The number of carbonyl (C=O) groups is 2. The lowest BCUT2D eigenvalue weighted by atomic mass is 9.76. The summed E-state index contributed by atoms with van der Waals surface area (Å²) < 4.78 is 4.93. The number of carbonyl (C=O) groups excluding carboxylic acids is 2. The number of hydrogen-bond acceptors (Lipinski definition) is 3. The third-order valence-corrected chi connectivity index (χ3v) is 7.25. The average Bonchev–Trinajstić information content (AvgIpc) is 3.10. The van der Waals surface area contributed by atoms with Crippen molar-refractivity contribution < 1.29 is 14.3 Å². The second-order valence-electron chi connectivity index (χ2n) is 7.60. The fourth-order valence-electron chi connectivity index (χ4n) is 7.04. The maximum absolute atomic E-state index is 12.0. The normalized spacial score (nSPS) is 59.2. The second kappa shape index (κ2) is 2.68. The van der Waals surface area contributed by atoms with Crippen LogP contribution in [0.15, 0.2) is 11.1 Å². The van der Waals surface area contributed by atoms with Crippen LogP contribution in [0.25, 0.3) is 0 Å². The van der Waals surface area contributed by atoms with Crippen LogP contribution in [0.5, 0.6) is 0 Å². The largest absolute Gasteiger partial charge is 0.393 e. The van der Waals surface area contributed by atoms with E-state index >= 15 is 0 Å². The first-order valence-corrected chi connectivity index (χ1v) is 7.73. The molecule has 0 spiro atoms. The molecule has 2 unspecified atom stereocenters. The number of ether oxygens (including phenoxy) is 1. The third-order valence-electron chi connectivity index (χ3n) is 7.25. The van der Waals surface area contributed by atoms with Crippen molar-refractivity contribution in [1.82, 2.24) is 0 Å². The lowest BCUT2D eigenvalue weighted by molar-refractivity contribution is -0.154. The molecule has 0 radical (unpaired) electrons. The van der Waals surface area contributed by atoms with Crippen molar-refractivity contribution in [2.75, 3.05) is 0 Å². The Hall–Kier alpha value is -1.12. The van der Waals surface area contributed by atoms with Crippen LogP contribution in [-0.2, 0) is 14.3 Å². The smallest absolute Gasteiger partial charge is 0.318 e. The van der Waals surface area contributed by atoms with Gasteiger partial charge in [-0.25, -0.2) is 0 Å². The first-order valence-electron chi connectivity index (χ1n) is 7.73. The summed E-state index contributed by atoms with van der Waals surface area (Å²) in [7, 11) is 0. The number of fused-ring (bicyclic) bond motifs is 10. The molecule has 19 heavy (non-hydrogen) atoms. The third kappa shape index (κ3) is 0.836. The van der Waals surface area contributed by atoms with Crippen molar-refractivity contribution in [2.45, 2.75) is 25.7 Å². The fraction of sp³-hybridized carbons (Fsp3) is 0.750. The zero-order valence-corrected chi connectivity index (χ0v) is 10.7. The van der Waals surface area contributed by atoms with Crippen LogP contribution in [0.1, 0.15) is 25.7 Å². The summed E-state index contributed by atoms with van der Waals surface area (Å²) in [5.41, 5.74) is 3.29. The zero-order chi connectivity index (χ0) is 12.5. The molecule has 0 amide bonds. The van der Waals surface area contributed by atoms with Gasteiger partial charge in [-0.05, 0) is 61.2 Å². The Balaban J connectivity index is 1.54. The minimum absolute atomic E-state index is 0.104. The maximum atomic E-state index is 12.0. The molecule has 1 saturated heterocycles. The van der Waals surface area contributed by atoms with E-state index in [1.54, 1.807) is 11.1 Å². The highest BCUT2D eigenvalue weighted by Gasteiger charge is 2.69. The molecule has 3 nitrogen and oxygen atoms in total. The Morgan fingerprint density at radius 2 is 1.32 bits per heavy atom. The van der Waals surface area contributed by atoms with Gasteiger partial charge in [-0.15, -0.1) is 0 Å². The first kappa shape index (κ1) is 9.73. The zero-order valence-electron chi connectivity index (χ0n) is 10.7. The van der Waals surface area contributed by atoms with E-state index in [4.69, 9.17) is 4.74 Å². The van der Waals surface area contributed by atoms with Crippen LogP contribution in [0.2, 0.25) is 0 Å². The highest BCUT2D eigenvalue weighted by Crippen LogP contribution is 2.72. The number of allylic oxidation sites excluding steroid dienone is 2. The van der Waals surface area contributed by atoms with E-state index < -0.39 is 0 Å². The highest BCUT2D eigenvalue weighted by molar-refractivity contribution is 5.98. The molecule has 0 aromatic heterocycles. The van der Waals surface area contributed by atoms with Crippen molar-refractivity contribution in [3.05, 3.63) is 11.1 Å². The van der Waals surface area contributed by atoms with Gasteiger partial charge in [0.05, 0.1) is 11.8 Å². The number of hydrogen-bond donors (Lipinski definition) is 0. The average molecular weight is 256 g/mol. The van der Waals surface area contributed by atoms with Gasteiger partial charge in [-0.3, -0.25) is 9.59 Å². The van der Waals surface area contributed by atoms with Crippen molar-refractivity contribution in [1.29, 1.82) is 0 Å². The molecule has 1 heterocycles. The van der Waals surface area contributed by atoms with Crippen molar-refractivity contribution in [3.8, 4) is 0 Å². The summed E-state index contributed by atoms with van der Waals surface area (Å²) >= 11 is 0. The van der Waals surface area contributed by atoms with E-state index in [1.165, 1.54) is 19.3 Å². The molecule has 4 fully saturated rings. The van der Waals surface area contributed by atoms with Gasteiger partial charge in [0.15, 0.2) is 0 Å². The van der Waals surface area contributed by atoms with Gasteiger partial charge >= 0.3 is 11.9 Å². The molecular weight excluding hydrogens is 240 g/mol. The van der Waals surface area contributed by atoms with Gasteiger partial charge in [0.1, 0.15) is 0 Å². The Kier molecular flexibility index (Phi) is 1.37. The first-order chi connectivity index (χ1) is 9.24. The highest BCUT2D eigenvalue weighted by atomic mass is 16.6. The van der Waals surface area contributed by atoms with E-state index in [0.29, 0.717) is 11.8 Å². The van der Waals surface area contributed by atoms with Crippen LogP contribution >= 0.6 is 0 Å². The van der Waals surface area contributed by atoms with Gasteiger partial charge in [-0.2, -0.15) is 0 Å². The number of rotatable bonds is 0. The summed E-state index contributed by atoms with van der Waals surface area (Å²) in [5.74, 6) is 3.47. The predicted octanol–water partition coefficient (Wildman–Crippen LogP) is 1.92. The topological polar surface area (TPSA) is 43.4 Å². The van der Waals surface area contributed by atoms with Crippen molar-refractivity contribution in [3.63, 3.8) is 0 Å². The minimum Gasteiger partial charge on any atom is -0.393 e. The quantitative estimate of drug-likeness (QED) is 0.378.